The summed E-state index contributed by atoms with van der Waals surface area (Å²) < 4.78 is 23.8. The second kappa shape index (κ2) is 28.3. The molecule has 2 atom stereocenters. The van der Waals surface area contributed by atoms with Gasteiger partial charge in [0.1, 0.15) is 0 Å². The Balaban J connectivity index is 4.03. The highest BCUT2D eigenvalue weighted by atomic mass is 28.3. The topological polar surface area (TPSA) is 36.9 Å². The van der Waals surface area contributed by atoms with E-state index < -0.39 is 10.0 Å². The molecular formula is C28H60O4Si. The predicted octanol–water partition coefficient (Wildman–Crippen LogP) is 7.89. The highest BCUT2D eigenvalue weighted by molar-refractivity contribution is 6.18. The first-order valence-corrected chi connectivity index (χ1v) is 15.8. The lowest BCUT2D eigenvalue weighted by Gasteiger charge is -2.22. The second-order valence-corrected chi connectivity index (χ2v) is 10.4. The Morgan fingerprint density at radius 3 is 1.12 bits per heavy atom. The average Bonchev–Trinajstić information content (AvgIpc) is 2.83. The van der Waals surface area contributed by atoms with Crippen LogP contribution in [0.15, 0.2) is 0 Å². The molecule has 0 N–H and O–H groups in total. The summed E-state index contributed by atoms with van der Waals surface area (Å²) in [5.74, 6) is 0. The molecule has 200 valence electrons. The van der Waals surface area contributed by atoms with E-state index in [1.54, 1.807) is 0 Å². The Bertz CT molecular complexity index is 325. The van der Waals surface area contributed by atoms with E-state index in [0.29, 0.717) is 13.2 Å². The minimum absolute atomic E-state index is 0.201. The Kier molecular flexibility index (Phi) is 28.3. The maximum atomic E-state index is 6.23. The minimum atomic E-state index is -1.01. The van der Waals surface area contributed by atoms with Crippen LogP contribution in [0.4, 0.5) is 0 Å². The quantitative estimate of drug-likeness (QED) is 0.0828. The van der Waals surface area contributed by atoms with Crippen molar-refractivity contribution in [3.63, 3.8) is 0 Å². The molecule has 0 fully saturated rings. The second-order valence-electron chi connectivity index (χ2n) is 9.54. The average molecular weight is 489 g/mol. The van der Waals surface area contributed by atoms with Crippen molar-refractivity contribution in [3.8, 4) is 0 Å². The Hall–Kier alpha value is 0.0569. The van der Waals surface area contributed by atoms with E-state index in [0.717, 1.165) is 26.1 Å². The molecule has 0 amide bonds. The van der Waals surface area contributed by atoms with Crippen molar-refractivity contribution in [2.24, 2.45) is 0 Å². The molecule has 0 rings (SSSR count). The van der Waals surface area contributed by atoms with Crippen molar-refractivity contribution in [1.82, 2.24) is 0 Å². The third-order valence-corrected chi connectivity index (χ3v) is 7.60. The zero-order valence-electron chi connectivity index (χ0n) is 23.1. The van der Waals surface area contributed by atoms with Crippen molar-refractivity contribution in [2.45, 2.75) is 155 Å². The van der Waals surface area contributed by atoms with Gasteiger partial charge in [-0.25, -0.2) is 0 Å². The first kappa shape index (κ1) is 33.1. The molecule has 0 spiro atoms. The van der Waals surface area contributed by atoms with Crippen LogP contribution in [0.25, 0.3) is 0 Å². The standard InChI is InChI=1S/C28H60O4Si/c1-5-9-11-13-15-17-19-21-23-27(25-29-7-3)31-33-32-28(26-30-8-4)24-22-20-18-16-14-12-10-6-2/h27-28H,5-26,33H2,1-4H3. The lowest BCUT2D eigenvalue weighted by Crippen LogP contribution is -2.28. The van der Waals surface area contributed by atoms with Gasteiger partial charge in [-0.2, -0.15) is 0 Å². The normalized spacial score (nSPS) is 13.8. The molecule has 0 radical (unpaired) electrons. The molecule has 0 aromatic carbocycles. The predicted molar refractivity (Wildman–Crippen MR) is 146 cm³/mol. The summed E-state index contributed by atoms with van der Waals surface area (Å²) in [5.41, 5.74) is 0. The number of rotatable bonds is 28. The first-order valence-electron chi connectivity index (χ1n) is 14.7. The molecule has 0 aliphatic rings. The molecule has 0 aromatic rings. The Labute approximate surface area is 210 Å². The lowest BCUT2D eigenvalue weighted by atomic mass is 10.1. The van der Waals surface area contributed by atoms with Gasteiger partial charge < -0.3 is 18.3 Å². The lowest BCUT2D eigenvalue weighted by molar-refractivity contribution is 0.0124. The zero-order chi connectivity index (χ0) is 24.2. The summed E-state index contributed by atoms with van der Waals surface area (Å²) in [6.45, 7) is 11.6. The number of unbranched alkanes of at least 4 members (excludes halogenated alkanes) is 14. The molecule has 0 saturated heterocycles. The molecule has 0 heterocycles. The van der Waals surface area contributed by atoms with Crippen molar-refractivity contribution in [1.29, 1.82) is 0 Å². The molecule has 0 aliphatic heterocycles. The van der Waals surface area contributed by atoms with Gasteiger partial charge in [0.2, 0.25) is 0 Å². The minimum Gasteiger partial charge on any atom is -0.393 e. The molecule has 0 saturated carbocycles. The van der Waals surface area contributed by atoms with Crippen LogP contribution in [-0.2, 0) is 18.3 Å². The van der Waals surface area contributed by atoms with Crippen molar-refractivity contribution in [2.75, 3.05) is 26.4 Å². The fourth-order valence-corrected chi connectivity index (χ4v) is 5.16. The van der Waals surface area contributed by atoms with E-state index in [9.17, 15) is 0 Å². The van der Waals surface area contributed by atoms with Crippen molar-refractivity contribution in [3.05, 3.63) is 0 Å². The van der Waals surface area contributed by atoms with Crippen molar-refractivity contribution >= 4 is 10.0 Å². The van der Waals surface area contributed by atoms with Crippen LogP contribution in [0.1, 0.15) is 143 Å². The van der Waals surface area contributed by atoms with Gasteiger partial charge in [0.25, 0.3) is 0 Å². The maximum absolute atomic E-state index is 6.23. The van der Waals surface area contributed by atoms with E-state index >= 15 is 0 Å². The molecule has 5 heteroatoms. The highest BCUT2D eigenvalue weighted by Gasteiger charge is 2.13. The molecule has 0 aliphatic carbocycles. The van der Waals surface area contributed by atoms with Gasteiger partial charge in [0.15, 0.2) is 0 Å². The summed E-state index contributed by atoms with van der Waals surface area (Å²) in [7, 11) is -1.01. The SMILES string of the molecule is CCCCCCCCCCC(COCC)O[SiH2]OC(CCCCCCCCCC)COCC. The van der Waals surface area contributed by atoms with Gasteiger partial charge >= 0.3 is 10.0 Å². The fourth-order valence-electron chi connectivity index (χ4n) is 4.17. The molecule has 0 aromatic heterocycles. The van der Waals surface area contributed by atoms with Crippen LogP contribution in [0.3, 0.4) is 0 Å². The Morgan fingerprint density at radius 1 is 0.455 bits per heavy atom. The summed E-state index contributed by atoms with van der Waals surface area (Å²) in [4.78, 5) is 0. The molecule has 2 unspecified atom stereocenters. The third kappa shape index (κ3) is 25.0. The summed E-state index contributed by atoms with van der Waals surface area (Å²) >= 11 is 0. The highest BCUT2D eigenvalue weighted by Crippen LogP contribution is 2.14. The van der Waals surface area contributed by atoms with E-state index in [1.807, 2.05) is 0 Å². The smallest absolute Gasteiger partial charge is 0.305 e. The summed E-state index contributed by atoms with van der Waals surface area (Å²) in [6.07, 6.45) is 24.2. The number of ether oxygens (including phenoxy) is 2. The molecule has 0 bridgehead atoms. The van der Waals surface area contributed by atoms with Gasteiger partial charge in [0, 0.05) is 13.2 Å². The van der Waals surface area contributed by atoms with E-state index in [-0.39, 0.29) is 12.2 Å². The van der Waals surface area contributed by atoms with Crippen LogP contribution in [0.2, 0.25) is 0 Å². The molecular weight excluding hydrogens is 428 g/mol. The largest absolute Gasteiger partial charge is 0.393 e. The van der Waals surface area contributed by atoms with Crippen LogP contribution in [0, 0.1) is 0 Å². The zero-order valence-corrected chi connectivity index (χ0v) is 24.5. The van der Waals surface area contributed by atoms with Crippen LogP contribution >= 0.6 is 0 Å². The molecule has 4 nitrogen and oxygen atoms in total. The molecule has 33 heavy (non-hydrogen) atoms. The Morgan fingerprint density at radius 2 is 0.788 bits per heavy atom. The summed E-state index contributed by atoms with van der Waals surface area (Å²) in [6, 6.07) is 0. The maximum Gasteiger partial charge on any atom is 0.305 e. The summed E-state index contributed by atoms with van der Waals surface area (Å²) in [5, 5.41) is 0. The van der Waals surface area contributed by atoms with Gasteiger partial charge in [-0.1, -0.05) is 117 Å². The van der Waals surface area contributed by atoms with E-state index in [2.05, 4.69) is 27.7 Å². The van der Waals surface area contributed by atoms with Gasteiger partial charge in [0.05, 0.1) is 25.4 Å². The van der Waals surface area contributed by atoms with Crippen LogP contribution in [-0.4, -0.2) is 48.6 Å². The monoisotopic (exact) mass is 488 g/mol. The van der Waals surface area contributed by atoms with Gasteiger partial charge in [-0.05, 0) is 26.7 Å². The van der Waals surface area contributed by atoms with E-state index in [1.165, 1.54) is 103 Å². The van der Waals surface area contributed by atoms with Gasteiger partial charge in [-0.3, -0.25) is 0 Å². The van der Waals surface area contributed by atoms with Crippen molar-refractivity contribution < 1.29 is 18.3 Å². The van der Waals surface area contributed by atoms with E-state index in [4.69, 9.17) is 18.3 Å². The first-order chi connectivity index (χ1) is 16.3. The van der Waals surface area contributed by atoms with Crippen LogP contribution < -0.4 is 0 Å². The van der Waals surface area contributed by atoms with Crippen LogP contribution in [0.5, 0.6) is 0 Å². The number of hydrogen-bond acceptors (Lipinski definition) is 4. The van der Waals surface area contributed by atoms with Gasteiger partial charge in [-0.15, -0.1) is 0 Å². The third-order valence-electron chi connectivity index (χ3n) is 6.38. The number of hydrogen-bond donors (Lipinski definition) is 0. The fraction of sp³-hybridized carbons (Fsp3) is 1.00.